The van der Waals surface area contributed by atoms with Crippen molar-refractivity contribution in [1.82, 2.24) is 9.80 Å². The molecule has 2 fully saturated rings. The summed E-state index contributed by atoms with van der Waals surface area (Å²) in [4.78, 5) is 17.1. The van der Waals surface area contributed by atoms with Crippen molar-refractivity contribution in [1.29, 1.82) is 0 Å². The summed E-state index contributed by atoms with van der Waals surface area (Å²) in [5, 5.41) is 9.27. The Kier molecular flexibility index (Phi) is 4.56. The SMILES string of the molecule is O=C(CN1CCN(C2CCCC2)CC1)c1ccc(O)cc1. The van der Waals surface area contributed by atoms with Gasteiger partial charge in [0.25, 0.3) is 0 Å². The first-order valence-corrected chi connectivity index (χ1v) is 8.01. The lowest BCUT2D eigenvalue weighted by Crippen LogP contribution is -2.50. The predicted octanol–water partition coefficient (Wildman–Crippen LogP) is 2.14. The topological polar surface area (TPSA) is 43.8 Å². The minimum absolute atomic E-state index is 0.143. The average molecular weight is 288 g/mol. The highest BCUT2D eigenvalue weighted by atomic mass is 16.3. The van der Waals surface area contributed by atoms with Crippen LogP contribution in [0.25, 0.3) is 0 Å². The number of nitrogens with zero attached hydrogens (tertiary/aromatic N) is 2. The van der Waals surface area contributed by atoms with Crippen LogP contribution in [0.5, 0.6) is 5.75 Å². The van der Waals surface area contributed by atoms with Crippen LogP contribution >= 0.6 is 0 Å². The number of rotatable bonds is 4. The van der Waals surface area contributed by atoms with E-state index < -0.39 is 0 Å². The second-order valence-electron chi connectivity index (χ2n) is 6.22. The molecule has 1 aliphatic carbocycles. The number of carbonyl (C=O) groups is 1. The summed E-state index contributed by atoms with van der Waals surface area (Å²) < 4.78 is 0. The van der Waals surface area contributed by atoms with Gasteiger partial charge < -0.3 is 5.11 Å². The monoisotopic (exact) mass is 288 g/mol. The van der Waals surface area contributed by atoms with Crippen LogP contribution in [0.2, 0.25) is 0 Å². The second kappa shape index (κ2) is 6.58. The van der Waals surface area contributed by atoms with Gasteiger partial charge in [0.15, 0.2) is 5.78 Å². The smallest absolute Gasteiger partial charge is 0.176 e. The van der Waals surface area contributed by atoms with E-state index >= 15 is 0 Å². The maximum Gasteiger partial charge on any atom is 0.176 e. The van der Waals surface area contributed by atoms with Crippen LogP contribution in [0.1, 0.15) is 36.0 Å². The van der Waals surface area contributed by atoms with Gasteiger partial charge in [-0.05, 0) is 37.1 Å². The molecule has 0 spiro atoms. The summed E-state index contributed by atoms with van der Waals surface area (Å²) in [6.07, 6.45) is 5.47. The first-order valence-electron chi connectivity index (χ1n) is 8.01. The van der Waals surface area contributed by atoms with Crippen LogP contribution in [0.3, 0.4) is 0 Å². The van der Waals surface area contributed by atoms with Crippen molar-refractivity contribution in [3.05, 3.63) is 29.8 Å². The highest BCUT2D eigenvalue weighted by Gasteiger charge is 2.26. The van der Waals surface area contributed by atoms with Crippen molar-refractivity contribution in [3.8, 4) is 5.75 Å². The van der Waals surface area contributed by atoms with E-state index in [0.717, 1.165) is 32.2 Å². The lowest BCUT2D eigenvalue weighted by molar-refractivity contribution is 0.0775. The van der Waals surface area contributed by atoms with E-state index in [1.54, 1.807) is 24.3 Å². The van der Waals surface area contributed by atoms with Crippen molar-refractivity contribution in [2.45, 2.75) is 31.7 Å². The Morgan fingerprint density at radius 1 is 1.05 bits per heavy atom. The average Bonchev–Trinajstić information content (AvgIpc) is 3.03. The molecule has 0 radical (unpaired) electrons. The minimum Gasteiger partial charge on any atom is -0.508 e. The summed E-state index contributed by atoms with van der Waals surface area (Å²) in [6, 6.07) is 7.34. The van der Waals surface area contributed by atoms with Crippen molar-refractivity contribution in [2.75, 3.05) is 32.7 Å². The fourth-order valence-electron chi connectivity index (χ4n) is 3.50. The van der Waals surface area contributed by atoms with E-state index in [1.807, 2.05) is 0 Å². The lowest BCUT2D eigenvalue weighted by Gasteiger charge is -2.37. The standard InChI is InChI=1S/C17H24N2O2/c20-16-7-5-14(6-8-16)17(21)13-18-9-11-19(12-10-18)15-3-1-2-4-15/h5-8,15,20H,1-4,9-13H2. The van der Waals surface area contributed by atoms with Gasteiger partial charge in [0.1, 0.15) is 5.75 Å². The summed E-state index contributed by atoms with van der Waals surface area (Å²) in [5.74, 6) is 0.348. The molecule has 114 valence electrons. The molecule has 1 heterocycles. The minimum atomic E-state index is 0.143. The molecule has 1 N–H and O–H groups in total. The summed E-state index contributed by atoms with van der Waals surface area (Å²) >= 11 is 0. The third-order valence-electron chi connectivity index (χ3n) is 4.80. The maximum absolute atomic E-state index is 12.2. The molecule has 0 aromatic heterocycles. The Labute approximate surface area is 126 Å². The van der Waals surface area contributed by atoms with Gasteiger partial charge in [-0.25, -0.2) is 0 Å². The normalized spacial score (nSPS) is 21.7. The third-order valence-corrected chi connectivity index (χ3v) is 4.80. The first-order chi connectivity index (χ1) is 10.2. The highest BCUT2D eigenvalue weighted by Crippen LogP contribution is 2.24. The molecule has 0 atom stereocenters. The highest BCUT2D eigenvalue weighted by molar-refractivity contribution is 5.97. The van der Waals surface area contributed by atoms with Crippen molar-refractivity contribution < 1.29 is 9.90 Å². The number of carbonyl (C=O) groups excluding carboxylic acids is 1. The van der Waals surface area contributed by atoms with E-state index in [1.165, 1.54) is 25.7 Å². The zero-order chi connectivity index (χ0) is 14.7. The Morgan fingerprint density at radius 3 is 2.29 bits per heavy atom. The molecule has 0 unspecified atom stereocenters. The molecule has 4 heteroatoms. The summed E-state index contributed by atoms with van der Waals surface area (Å²) in [6.45, 7) is 4.64. The molecular weight excluding hydrogens is 264 g/mol. The molecule has 21 heavy (non-hydrogen) atoms. The number of ketones is 1. The Balaban J connectivity index is 1.48. The number of benzene rings is 1. The second-order valence-corrected chi connectivity index (χ2v) is 6.22. The van der Waals surface area contributed by atoms with E-state index in [4.69, 9.17) is 0 Å². The molecule has 3 rings (SSSR count). The predicted molar refractivity (Wildman–Crippen MR) is 82.7 cm³/mol. The molecule has 0 amide bonds. The van der Waals surface area contributed by atoms with E-state index in [9.17, 15) is 9.90 Å². The first kappa shape index (κ1) is 14.5. The zero-order valence-electron chi connectivity index (χ0n) is 12.5. The van der Waals surface area contributed by atoms with Crippen LogP contribution in [-0.4, -0.2) is 59.5 Å². The van der Waals surface area contributed by atoms with Gasteiger partial charge in [-0.15, -0.1) is 0 Å². The number of phenolic OH excluding ortho intramolecular Hbond substituents is 1. The zero-order valence-corrected chi connectivity index (χ0v) is 12.5. The molecule has 0 bridgehead atoms. The third kappa shape index (κ3) is 3.63. The van der Waals surface area contributed by atoms with Gasteiger partial charge in [0, 0.05) is 37.8 Å². The van der Waals surface area contributed by atoms with E-state index in [2.05, 4.69) is 9.80 Å². The van der Waals surface area contributed by atoms with Gasteiger partial charge >= 0.3 is 0 Å². The summed E-state index contributed by atoms with van der Waals surface area (Å²) in [7, 11) is 0. The largest absolute Gasteiger partial charge is 0.508 e. The number of phenols is 1. The van der Waals surface area contributed by atoms with Gasteiger partial charge in [0.05, 0.1) is 6.54 Å². The van der Waals surface area contributed by atoms with Crippen LogP contribution in [-0.2, 0) is 0 Å². The molecule has 1 aromatic rings. The lowest BCUT2D eigenvalue weighted by atomic mass is 10.1. The molecule has 1 saturated heterocycles. The van der Waals surface area contributed by atoms with Crippen LogP contribution in [0.4, 0.5) is 0 Å². The molecule has 2 aliphatic rings. The Bertz CT molecular complexity index is 472. The number of Topliss-reactive ketones (excluding diaryl/α,β-unsaturated/α-hetero) is 1. The maximum atomic E-state index is 12.2. The quantitative estimate of drug-likeness (QED) is 0.862. The molecule has 1 aromatic carbocycles. The van der Waals surface area contributed by atoms with Crippen molar-refractivity contribution >= 4 is 5.78 Å². The van der Waals surface area contributed by atoms with Crippen LogP contribution in [0.15, 0.2) is 24.3 Å². The number of hydrogen-bond donors (Lipinski definition) is 1. The Morgan fingerprint density at radius 2 is 1.67 bits per heavy atom. The summed E-state index contributed by atoms with van der Waals surface area (Å²) in [5.41, 5.74) is 0.686. The Hall–Kier alpha value is -1.39. The van der Waals surface area contributed by atoms with Gasteiger partial charge in [-0.1, -0.05) is 12.8 Å². The number of piperazine rings is 1. The molecule has 1 saturated carbocycles. The molecule has 1 aliphatic heterocycles. The fourth-order valence-corrected chi connectivity index (χ4v) is 3.50. The van der Waals surface area contributed by atoms with Crippen molar-refractivity contribution in [3.63, 3.8) is 0 Å². The van der Waals surface area contributed by atoms with Crippen molar-refractivity contribution in [2.24, 2.45) is 0 Å². The van der Waals surface area contributed by atoms with E-state index in [0.29, 0.717) is 12.1 Å². The number of hydrogen-bond acceptors (Lipinski definition) is 4. The van der Waals surface area contributed by atoms with Crippen LogP contribution < -0.4 is 0 Å². The van der Waals surface area contributed by atoms with Crippen LogP contribution in [0, 0.1) is 0 Å². The number of aromatic hydroxyl groups is 1. The van der Waals surface area contributed by atoms with Gasteiger partial charge in [-0.2, -0.15) is 0 Å². The van der Waals surface area contributed by atoms with Gasteiger partial charge in [-0.3, -0.25) is 14.6 Å². The fraction of sp³-hybridized carbons (Fsp3) is 0.588. The molecular formula is C17H24N2O2. The molecule has 4 nitrogen and oxygen atoms in total. The van der Waals surface area contributed by atoms with E-state index in [-0.39, 0.29) is 11.5 Å². The van der Waals surface area contributed by atoms with Gasteiger partial charge in [0.2, 0.25) is 0 Å².